The minimum Gasteiger partial charge on any atom is -0.340 e. The second-order valence-electron chi connectivity index (χ2n) is 6.29. The Kier molecular flexibility index (Phi) is 3.88. The maximum absolute atomic E-state index is 12.9. The Morgan fingerprint density at radius 3 is 2.42 bits per heavy atom. The fourth-order valence-corrected chi connectivity index (χ4v) is 3.41. The highest BCUT2D eigenvalue weighted by molar-refractivity contribution is 6.00. The van der Waals surface area contributed by atoms with Crippen molar-refractivity contribution in [2.45, 2.75) is 77.4 Å². The maximum Gasteiger partial charge on any atom is 0.249 e. The molecular formula is C15H26N2O2. The Morgan fingerprint density at radius 2 is 1.89 bits per heavy atom. The van der Waals surface area contributed by atoms with Crippen molar-refractivity contribution in [2.24, 2.45) is 5.92 Å². The summed E-state index contributed by atoms with van der Waals surface area (Å²) in [5.74, 6) is 0.567. The van der Waals surface area contributed by atoms with E-state index in [1.54, 1.807) is 0 Å². The molecule has 19 heavy (non-hydrogen) atoms. The Bertz CT molecular complexity index is 374. The van der Waals surface area contributed by atoms with E-state index in [0.29, 0.717) is 5.92 Å². The second-order valence-corrected chi connectivity index (χ2v) is 6.29. The lowest BCUT2D eigenvalue weighted by Crippen LogP contribution is -2.70. The fraction of sp³-hybridized carbons (Fsp3) is 0.867. The molecule has 1 aliphatic carbocycles. The van der Waals surface area contributed by atoms with Gasteiger partial charge in [-0.05, 0) is 32.6 Å². The molecule has 3 atom stereocenters. The summed E-state index contributed by atoms with van der Waals surface area (Å²) in [6.07, 6.45) is 4.69. The highest BCUT2D eigenvalue weighted by Crippen LogP contribution is 2.36. The van der Waals surface area contributed by atoms with Crippen LogP contribution in [0.1, 0.15) is 59.8 Å². The molecular weight excluding hydrogens is 240 g/mol. The van der Waals surface area contributed by atoms with Crippen LogP contribution in [0.3, 0.4) is 0 Å². The molecule has 2 aliphatic rings. The van der Waals surface area contributed by atoms with Crippen LogP contribution in [0.2, 0.25) is 0 Å². The van der Waals surface area contributed by atoms with Crippen LogP contribution in [0.5, 0.6) is 0 Å². The molecule has 2 fully saturated rings. The van der Waals surface area contributed by atoms with Crippen molar-refractivity contribution in [3.63, 3.8) is 0 Å². The van der Waals surface area contributed by atoms with Crippen molar-refractivity contribution in [3.8, 4) is 0 Å². The van der Waals surface area contributed by atoms with Crippen LogP contribution in [-0.4, -0.2) is 34.3 Å². The Hall–Kier alpha value is -1.06. The molecule has 0 radical (unpaired) electrons. The van der Waals surface area contributed by atoms with E-state index in [-0.39, 0.29) is 23.9 Å². The highest BCUT2D eigenvalue weighted by Gasteiger charge is 2.52. The molecule has 0 aromatic carbocycles. The van der Waals surface area contributed by atoms with Crippen LogP contribution in [0, 0.1) is 5.92 Å². The minimum absolute atomic E-state index is 0.0108. The van der Waals surface area contributed by atoms with Gasteiger partial charge in [-0.2, -0.15) is 0 Å². The van der Waals surface area contributed by atoms with E-state index in [4.69, 9.17) is 0 Å². The number of hydrogen-bond acceptors (Lipinski definition) is 2. The van der Waals surface area contributed by atoms with Crippen LogP contribution < -0.4 is 5.32 Å². The summed E-state index contributed by atoms with van der Waals surface area (Å²) in [4.78, 5) is 26.9. The zero-order valence-electron chi connectivity index (χ0n) is 12.5. The van der Waals surface area contributed by atoms with Gasteiger partial charge in [0.1, 0.15) is 11.6 Å². The molecule has 108 valence electrons. The minimum atomic E-state index is -0.592. The first kappa shape index (κ1) is 14.4. The number of piperazine rings is 1. The number of nitrogens with one attached hydrogen (secondary N) is 1. The summed E-state index contributed by atoms with van der Waals surface area (Å²) in [6.45, 7) is 8.20. The van der Waals surface area contributed by atoms with Crippen LogP contribution in [0.25, 0.3) is 0 Å². The fourth-order valence-electron chi connectivity index (χ4n) is 3.41. The van der Waals surface area contributed by atoms with Gasteiger partial charge in [0.2, 0.25) is 11.8 Å². The van der Waals surface area contributed by atoms with Gasteiger partial charge in [0.15, 0.2) is 0 Å². The molecule has 4 nitrogen and oxygen atoms in total. The summed E-state index contributed by atoms with van der Waals surface area (Å²) >= 11 is 0. The summed E-state index contributed by atoms with van der Waals surface area (Å²) in [6, 6.07) is -0.223. The molecule has 2 amide bonds. The molecule has 1 N–H and O–H groups in total. The van der Waals surface area contributed by atoms with E-state index in [9.17, 15) is 9.59 Å². The van der Waals surface area contributed by atoms with Crippen LogP contribution in [-0.2, 0) is 9.59 Å². The predicted molar refractivity (Wildman–Crippen MR) is 74.6 cm³/mol. The molecule has 0 aromatic heterocycles. The standard InChI is InChI=1S/C15H26N2O2/c1-5-10(2)11(3)17-12(4)13(18)16-15(14(17)19)8-6-7-9-15/h10-12H,5-9H2,1-4H3,(H,16,18). The third-order valence-electron chi connectivity index (χ3n) is 5.17. The molecule has 1 saturated heterocycles. The van der Waals surface area contributed by atoms with E-state index in [0.717, 1.165) is 32.1 Å². The van der Waals surface area contributed by atoms with Crippen LogP contribution in [0.15, 0.2) is 0 Å². The van der Waals surface area contributed by atoms with E-state index in [2.05, 4.69) is 26.1 Å². The molecule has 0 aromatic rings. The monoisotopic (exact) mass is 266 g/mol. The van der Waals surface area contributed by atoms with Crippen molar-refractivity contribution < 1.29 is 9.59 Å². The Morgan fingerprint density at radius 1 is 1.32 bits per heavy atom. The first-order valence-electron chi connectivity index (χ1n) is 7.57. The highest BCUT2D eigenvalue weighted by atomic mass is 16.2. The lowest BCUT2D eigenvalue weighted by Gasteiger charge is -2.47. The smallest absolute Gasteiger partial charge is 0.249 e. The zero-order valence-corrected chi connectivity index (χ0v) is 12.5. The quantitative estimate of drug-likeness (QED) is 0.850. The number of hydrogen-bond donors (Lipinski definition) is 1. The number of rotatable bonds is 3. The number of amides is 2. The molecule has 1 heterocycles. The van der Waals surface area contributed by atoms with Gasteiger partial charge < -0.3 is 10.2 Å². The van der Waals surface area contributed by atoms with Gasteiger partial charge in [-0.15, -0.1) is 0 Å². The van der Waals surface area contributed by atoms with E-state index in [1.807, 2.05) is 11.8 Å². The Balaban J connectivity index is 2.29. The normalized spacial score (nSPS) is 29.5. The molecule has 1 spiro atoms. The molecule has 1 aliphatic heterocycles. The average molecular weight is 266 g/mol. The first-order valence-corrected chi connectivity index (χ1v) is 7.57. The van der Waals surface area contributed by atoms with Gasteiger partial charge in [-0.1, -0.05) is 33.1 Å². The first-order chi connectivity index (χ1) is 8.93. The topological polar surface area (TPSA) is 49.4 Å². The number of nitrogens with zero attached hydrogens (tertiary/aromatic N) is 1. The van der Waals surface area contributed by atoms with Gasteiger partial charge in [0, 0.05) is 6.04 Å². The summed E-state index contributed by atoms with van der Waals surface area (Å²) in [5.41, 5.74) is -0.592. The van der Waals surface area contributed by atoms with Gasteiger partial charge in [-0.3, -0.25) is 9.59 Å². The predicted octanol–water partition coefficient (Wildman–Crippen LogP) is 2.08. The van der Waals surface area contributed by atoms with Crippen molar-refractivity contribution in [1.82, 2.24) is 10.2 Å². The maximum atomic E-state index is 12.9. The van der Waals surface area contributed by atoms with Crippen molar-refractivity contribution >= 4 is 11.8 Å². The van der Waals surface area contributed by atoms with E-state index < -0.39 is 5.54 Å². The molecule has 3 unspecified atom stereocenters. The lowest BCUT2D eigenvalue weighted by atomic mass is 9.87. The lowest BCUT2D eigenvalue weighted by molar-refractivity contribution is -0.157. The van der Waals surface area contributed by atoms with Crippen molar-refractivity contribution in [2.75, 3.05) is 0 Å². The summed E-state index contributed by atoms with van der Waals surface area (Å²) in [5, 5.41) is 3.00. The third-order valence-corrected chi connectivity index (χ3v) is 5.17. The van der Waals surface area contributed by atoms with Crippen LogP contribution >= 0.6 is 0 Å². The largest absolute Gasteiger partial charge is 0.340 e. The number of carbonyl (C=O) groups is 2. The third kappa shape index (κ3) is 2.26. The van der Waals surface area contributed by atoms with Crippen LogP contribution in [0.4, 0.5) is 0 Å². The van der Waals surface area contributed by atoms with Gasteiger partial charge in [0.05, 0.1) is 0 Å². The van der Waals surface area contributed by atoms with Gasteiger partial charge in [0.25, 0.3) is 0 Å². The summed E-state index contributed by atoms with van der Waals surface area (Å²) in [7, 11) is 0. The molecule has 4 heteroatoms. The molecule has 2 rings (SSSR count). The van der Waals surface area contributed by atoms with Gasteiger partial charge in [-0.25, -0.2) is 0 Å². The average Bonchev–Trinajstić information content (AvgIpc) is 2.85. The molecule has 0 bridgehead atoms. The summed E-state index contributed by atoms with van der Waals surface area (Å²) < 4.78 is 0. The van der Waals surface area contributed by atoms with E-state index >= 15 is 0 Å². The Labute approximate surface area is 115 Å². The van der Waals surface area contributed by atoms with Crippen molar-refractivity contribution in [1.29, 1.82) is 0 Å². The SMILES string of the molecule is CCC(C)C(C)N1C(=O)C2(CCCC2)NC(=O)C1C. The number of carbonyl (C=O) groups excluding carboxylic acids is 2. The molecule has 1 saturated carbocycles. The van der Waals surface area contributed by atoms with E-state index in [1.165, 1.54) is 0 Å². The zero-order chi connectivity index (χ0) is 14.2. The van der Waals surface area contributed by atoms with Crippen molar-refractivity contribution in [3.05, 3.63) is 0 Å². The second kappa shape index (κ2) is 5.14. The van der Waals surface area contributed by atoms with Gasteiger partial charge >= 0.3 is 0 Å².